The lowest BCUT2D eigenvalue weighted by Gasteiger charge is -2.36. The summed E-state index contributed by atoms with van der Waals surface area (Å²) in [6.07, 6.45) is 0.506. The molecule has 8 aromatic rings. The van der Waals surface area contributed by atoms with Crippen LogP contribution in [0.2, 0.25) is 0 Å². The average Bonchev–Trinajstić information content (AvgIpc) is 3.96. The molecule has 2 aliphatic heterocycles. The van der Waals surface area contributed by atoms with E-state index in [9.17, 15) is 27.2 Å². The second-order valence-corrected chi connectivity index (χ2v) is 17.0. The standard InChI is InChI=1S/C52H42F4N8O4/c1-29(31-13-6-3-7-14-31)63(44-21-23-61-47(44)57-42-27-39(55)37(53)25-35(42)49(61)65)51(67)59-41-20-12-19-34(33-17-10-5-11-18-33)46(41)60-52(68)64(30(2)32-15-8-4-9-16-32)45-22-24-62-48(45)58-43-28-40(56)38(54)26-36(43)50(62)66/h3-20,25-30,44-45H,21-24H2,1-2H3,(H,59,67)(H,60,68). The highest BCUT2D eigenvalue weighted by Gasteiger charge is 2.40. The molecule has 4 heterocycles. The lowest BCUT2D eigenvalue weighted by molar-refractivity contribution is 0.158. The third-order valence-corrected chi connectivity index (χ3v) is 13.1. The van der Waals surface area contributed by atoms with Crippen molar-refractivity contribution >= 4 is 45.2 Å². The fourth-order valence-corrected chi connectivity index (χ4v) is 9.66. The number of nitrogens with zero attached hydrogens (tertiary/aromatic N) is 6. The molecule has 0 fully saturated rings. The van der Waals surface area contributed by atoms with Crippen LogP contribution in [-0.2, 0) is 13.1 Å². The maximum Gasteiger partial charge on any atom is 0.323 e. The molecule has 6 aromatic carbocycles. The van der Waals surface area contributed by atoms with Crippen LogP contribution in [-0.4, -0.2) is 41.0 Å². The van der Waals surface area contributed by atoms with E-state index in [1.807, 2.05) is 105 Å². The number of hydrogen-bond acceptors (Lipinski definition) is 6. The van der Waals surface area contributed by atoms with Gasteiger partial charge in [-0.05, 0) is 61.6 Å². The number of carbonyl (C=O) groups excluding carboxylic acids is 2. The monoisotopic (exact) mass is 918 g/mol. The van der Waals surface area contributed by atoms with E-state index in [-0.39, 0.29) is 70.8 Å². The van der Waals surface area contributed by atoms with Crippen LogP contribution in [0.4, 0.5) is 38.5 Å². The van der Waals surface area contributed by atoms with E-state index >= 15 is 9.59 Å². The lowest BCUT2D eigenvalue weighted by atomic mass is 10.0. The van der Waals surface area contributed by atoms with E-state index in [1.54, 1.807) is 28.0 Å². The molecule has 4 atom stereocenters. The van der Waals surface area contributed by atoms with Crippen LogP contribution in [0.3, 0.4) is 0 Å². The molecule has 12 nitrogen and oxygen atoms in total. The molecule has 2 aromatic heterocycles. The Kier molecular flexibility index (Phi) is 11.3. The number of fused-ring (bicyclic) bond motifs is 4. The summed E-state index contributed by atoms with van der Waals surface area (Å²) in [4.78, 5) is 70.5. The van der Waals surface area contributed by atoms with Crippen molar-refractivity contribution in [3.63, 3.8) is 0 Å². The minimum Gasteiger partial charge on any atom is -0.308 e. The van der Waals surface area contributed by atoms with Gasteiger partial charge in [-0.2, -0.15) is 0 Å². The van der Waals surface area contributed by atoms with Crippen LogP contribution >= 0.6 is 0 Å². The molecule has 0 spiro atoms. The molecular weight excluding hydrogens is 877 g/mol. The summed E-state index contributed by atoms with van der Waals surface area (Å²) in [5.41, 5.74) is 2.01. The van der Waals surface area contributed by atoms with Gasteiger partial charge in [0.15, 0.2) is 23.3 Å². The predicted molar refractivity (Wildman–Crippen MR) is 250 cm³/mol. The number of anilines is 2. The Morgan fingerprint density at radius 3 is 1.47 bits per heavy atom. The molecule has 68 heavy (non-hydrogen) atoms. The molecule has 0 saturated heterocycles. The highest BCUT2D eigenvalue weighted by atomic mass is 19.2. The first-order valence-corrected chi connectivity index (χ1v) is 22.1. The molecule has 0 aliphatic carbocycles. The molecule has 0 radical (unpaired) electrons. The third-order valence-electron chi connectivity index (χ3n) is 13.1. The van der Waals surface area contributed by atoms with Gasteiger partial charge in [-0.3, -0.25) is 18.7 Å². The van der Waals surface area contributed by atoms with Crippen LogP contribution in [0, 0.1) is 23.3 Å². The number of carbonyl (C=O) groups is 2. The average molecular weight is 919 g/mol. The van der Waals surface area contributed by atoms with Gasteiger partial charge >= 0.3 is 12.1 Å². The SMILES string of the molecule is CC(c1ccccc1)N(C(=O)Nc1cccc(-c2ccccc2)c1NC(=O)N(C(C)c1ccccc1)C1CCn2c1nc1cc(F)c(F)cc1c2=O)C1CCn2c1nc1cc(F)c(F)cc1c2=O. The minimum atomic E-state index is -1.17. The summed E-state index contributed by atoms with van der Waals surface area (Å²) >= 11 is 0. The maximum atomic E-state index is 15.3. The van der Waals surface area contributed by atoms with Crippen LogP contribution in [0.1, 0.15) is 73.6 Å². The van der Waals surface area contributed by atoms with Crippen LogP contribution in [0.5, 0.6) is 0 Å². The maximum absolute atomic E-state index is 15.3. The Morgan fingerprint density at radius 1 is 0.574 bits per heavy atom. The van der Waals surface area contributed by atoms with Crippen molar-refractivity contribution in [3.05, 3.63) is 200 Å². The van der Waals surface area contributed by atoms with Gasteiger partial charge in [0.1, 0.15) is 11.6 Å². The quantitative estimate of drug-likeness (QED) is 0.139. The Balaban J connectivity index is 1.07. The highest BCUT2D eigenvalue weighted by molar-refractivity contribution is 6.04. The molecule has 0 saturated carbocycles. The van der Waals surface area contributed by atoms with Gasteiger partial charge in [-0.25, -0.2) is 37.1 Å². The van der Waals surface area contributed by atoms with Crippen molar-refractivity contribution in [1.82, 2.24) is 28.9 Å². The smallest absolute Gasteiger partial charge is 0.308 e. The van der Waals surface area contributed by atoms with Crippen LogP contribution in [0.15, 0.2) is 143 Å². The Labute approximate surface area is 386 Å². The van der Waals surface area contributed by atoms with E-state index in [1.165, 1.54) is 9.13 Å². The van der Waals surface area contributed by atoms with Gasteiger partial charge < -0.3 is 20.4 Å². The van der Waals surface area contributed by atoms with E-state index in [4.69, 9.17) is 0 Å². The van der Waals surface area contributed by atoms with Gasteiger partial charge in [-0.1, -0.05) is 103 Å². The Bertz CT molecular complexity index is 3410. The molecule has 4 amide bonds. The summed E-state index contributed by atoms with van der Waals surface area (Å²) in [7, 11) is 0. The first-order chi connectivity index (χ1) is 32.9. The number of aromatic nitrogens is 4. The second-order valence-electron chi connectivity index (χ2n) is 17.0. The number of benzene rings is 6. The minimum absolute atomic E-state index is 0.0474. The number of para-hydroxylation sites is 1. The fraction of sp³-hybridized carbons (Fsp3) is 0.192. The van der Waals surface area contributed by atoms with Crippen molar-refractivity contribution in [2.24, 2.45) is 0 Å². The molecule has 342 valence electrons. The molecule has 4 unspecified atom stereocenters. The van der Waals surface area contributed by atoms with E-state index < -0.39 is 70.6 Å². The normalized spacial score (nSPS) is 16.0. The van der Waals surface area contributed by atoms with E-state index in [0.717, 1.165) is 35.4 Å². The first-order valence-electron chi connectivity index (χ1n) is 22.1. The van der Waals surface area contributed by atoms with Crippen LogP contribution < -0.4 is 21.8 Å². The third kappa shape index (κ3) is 7.70. The Morgan fingerprint density at radius 2 is 1.00 bits per heavy atom. The summed E-state index contributed by atoms with van der Waals surface area (Å²) in [5.74, 6) is -4.27. The highest BCUT2D eigenvalue weighted by Crippen LogP contribution is 2.42. The molecule has 10 rings (SSSR count). The summed E-state index contributed by atoms with van der Waals surface area (Å²) in [6, 6.07) is 32.3. The van der Waals surface area contributed by atoms with Gasteiger partial charge in [0, 0.05) is 30.8 Å². The van der Waals surface area contributed by atoms with Crippen molar-refractivity contribution in [2.75, 3.05) is 10.6 Å². The predicted octanol–water partition coefficient (Wildman–Crippen LogP) is 10.8. The fourth-order valence-electron chi connectivity index (χ4n) is 9.66. The number of nitrogens with one attached hydrogen (secondary N) is 2. The lowest BCUT2D eigenvalue weighted by Crippen LogP contribution is -2.41. The second kappa shape index (κ2) is 17.6. The van der Waals surface area contributed by atoms with Crippen molar-refractivity contribution in [3.8, 4) is 11.1 Å². The summed E-state index contributed by atoms with van der Waals surface area (Å²) < 4.78 is 60.6. The van der Waals surface area contributed by atoms with Gasteiger partial charge in [0.2, 0.25) is 0 Å². The van der Waals surface area contributed by atoms with Crippen molar-refractivity contribution in [1.29, 1.82) is 0 Å². The zero-order valence-corrected chi connectivity index (χ0v) is 36.7. The molecule has 16 heteroatoms. The van der Waals surface area contributed by atoms with E-state index in [0.29, 0.717) is 11.1 Å². The number of halogens is 4. The number of hydrogen-bond donors (Lipinski definition) is 2. The molecular formula is C52H42F4N8O4. The zero-order chi connectivity index (χ0) is 47.4. The topological polar surface area (TPSA) is 134 Å². The summed E-state index contributed by atoms with van der Waals surface area (Å²) in [5, 5.41) is 6.04. The van der Waals surface area contributed by atoms with Crippen molar-refractivity contribution in [2.45, 2.75) is 63.9 Å². The zero-order valence-electron chi connectivity index (χ0n) is 36.7. The van der Waals surface area contributed by atoms with E-state index in [2.05, 4.69) is 20.6 Å². The number of rotatable bonds is 9. The molecule has 0 bridgehead atoms. The first kappa shape index (κ1) is 43.7. The van der Waals surface area contributed by atoms with Gasteiger partial charge in [0.25, 0.3) is 11.1 Å². The van der Waals surface area contributed by atoms with Gasteiger partial charge in [0.05, 0.1) is 57.3 Å². The Hall–Kier alpha value is -8.14. The van der Waals surface area contributed by atoms with Crippen molar-refractivity contribution < 1.29 is 27.2 Å². The summed E-state index contributed by atoms with van der Waals surface area (Å²) in [6.45, 7) is 3.98. The molecule has 2 N–H and O–H groups in total. The number of amides is 4. The number of urea groups is 2. The van der Waals surface area contributed by atoms with Gasteiger partial charge in [-0.15, -0.1) is 0 Å². The largest absolute Gasteiger partial charge is 0.323 e. The van der Waals surface area contributed by atoms with Crippen LogP contribution in [0.25, 0.3) is 32.9 Å². The molecule has 2 aliphatic rings.